The highest BCUT2D eigenvalue weighted by molar-refractivity contribution is 5.98. The fraction of sp³-hybridized carbons (Fsp3) is 0.500. The highest BCUT2D eigenvalue weighted by atomic mass is 16.5. The van der Waals surface area contributed by atoms with Gasteiger partial charge in [-0.1, -0.05) is 0 Å². The van der Waals surface area contributed by atoms with E-state index in [2.05, 4.69) is 20.6 Å². The highest BCUT2D eigenvalue weighted by Crippen LogP contribution is 2.08. The van der Waals surface area contributed by atoms with Gasteiger partial charge in [0.15, 0.2) is 5.82 Å². The smallest absolute Gasteiger partial charge is 0.255 e. The molecule has 1 heterocycles. The van der Waals surface area contributed by atoms with Gasteiger partial charge in [0.1, 0.15) is 0 Å². The quantitative estimate of drug-likeness (QED) is 0.441. The number of rotatable bonds is 8. The second kappa shape index (κ2) is 8.41. The molecule has 0 saturated carbocycles. The van der Waals surface area contributed by atoms with Crippen molar-refractivity contribution in [2.75, 3.05) is 45.8 Å². The Hall–Kier alpha value is -1.70. The van der Waals surface area contributed by atoms with Crippen LogP contribution in [0.3, 0.4) is 0 Å². The summed E-state index contributed by atoms with van der Waals surface area (Å²) in [6.07, 6.45) is 1.57. The number of aromatic nitrogens is 1. The lowest BCUT2D eigenvalue weighted by atomic mass is 10.2. The van der Waals surface area contributed by atoms with Gasteiger partial charge in [0.05, 0.1) is 12.2 Å². The first-order valence-corrected chi connectivity index (χ1v) is 6.06. The van der Waals surface area contributed by atoms with Crippen LogP contribution < -0.4 is 16.6 Å². The van der Waals surface area contributed by atoms with E-state index in [1.807, 2.05) is 7.05 Å². The standard InChI is InChI=1S/C12H21N5O2/c1-17(8-9-19-2)7-6-15-12(18)10-4-3-5-14-11(10)16-13/h3-5H,6-9,13H2,1-2H3,(H,14,16)(H,15,18). The van der Waals surface area contributed by atoms with Crippen molar-refractivity contribution in [3.63, 3.8) is 0 Å². The van der Waals surface area contributed by atoms with Crippen LogP contribution in [0.4, 0.5) is 5.82 Å². The number of nitrogens with two attached hydrogens (primary N) is 1. The minimum atomic E-state index is -0.193. The number of hydrogen-bond acceptors (Lipinski definition) is 6. The van der Waals surface area contributed by atoms with Crippen LogP contribution in [-0.2, 0) is 4.74 Å². The molecule has 0 radical (unpaired) electrons. The summed E-state index contributed by atoms with van der Waals surface area (Å²) in [5.74, 6) is 5.48. The lowest BCUT2D eigenvalue weighted by molar-refractivity contribution is 0.0948. The number of hydrogen-bond donors (Lipinski definition) is 3. The van der Waals surface area contributed by atoms with Gasteiger partial charge in [-0.3, -0.25) is 4.79 Å². The average molecular weight is 267 g/mol. The number of nitrogen functional groups attached to an aromatic ring is 1. The molecule has 7 heteroatoms. The van der Waals surface area contributed by atoms with E-state index in [9.17, 15) is 4.79 Å². The molecule has 106 valence electrons. The third-order valence-electron chi connectivity index (χ3n) is 2.65. The molecule has 4 N–H and O–H groups in total. The zero-order valence-corrected chi connectivity index (χ0v) is 11.3. The number of pyridine rings is 1. The van der Waals surface area contributed by atoms with E-state index in [0.717, 1.165) is 13.1 Å². The molecule has 1 aromatic rings. The van der Waals surface area contributed by atoms with Crippen LogP contribution in [0.15, 0.2) is 18.3 Å². The van der Waals surface area contributed by atoms with Gasteiger partial charge >= 0.3 is 0 Å². The minimum Gasteiger partial charge on any atom is -0.383 e. The van der Waals surface area contributed by atoms with E-state index in [0.29, 0.717) is 24.5 Å². The van der Waals surface area contributed by atoms with Crippen molar-refractivity contribution in [1.29, 1.82) is 0 Å². The summed E-state index contributed by atoms with van der Waals surface area (Å²) in [6, 6.07) is 3.37. The zero-order chi connectivity index (χ0) is 14.1. The Morgan fingerprint density at radius 2 is 2.32 bits per heavy atom. The van der Waals surface area contributed by atoms with Crippen LogP contribution in [0.1, 0.15) is 10.4 Å². The van der Waals surface area contributed by atoms with Crippen LogP contribution in [0, 0.1) is 0 Å². The summed E-state index contributed by atoms with van der Waals surface area (Å²) < 4.78 is 4.98. The lowest BCUT2D eigenvalue weighted by Crippen LogP contribution is -2.34. The van der Waals surface area contributed by atoms with Crippen molar-refractivity contribution in [3.05, 3.63) is 23.9 Å². The van der Waals surface area contributed by atoms with Crippen molar-refractivity contribution in [2.24, 2.45) is 5.84 Å². The molecule has 0 aliphatic carbocycles. The van der Waals surface area contributed by atoms with E-state index < -0.39 is 0 Å². The number of likely N-dealkylation sites (N-methyl/N-ethyl adjacent to an activating group) is 1. The van der Waals surface area contributed by atoms with E-state index >= 15 is 0 Å². The van der Waals surface area contributed by atoms with E-state index in [4.69, 9.17) is 10.6 Å². The van der Waals surface area contributed by atoms with Gasteiger partial charge in [-0.05, 0) is 19.2 Å². The molecular weight excluding hydrogens is 246 g/mol. The molecule has 0 aliphatic rings. The Balaban J connectivity index is 2.39. The van der Waals surface area contributed by atoms with Gasteiger partial charge in [0.2, 0.25) is 0 Å². The second-order valence-corrected chi connectivity index (χ2v) is 4.10. The van der Waals surface area contributed by atoms with Crippen LogP contribution in [-0.4, -0.2) is 56.2 Å². The average Bonchev–Trinajstić information content (AvgIpc) is 2.44. The summed E-state index contributed by atoms with van der Waals surface area (Å²) in [7, 11) is 3.64. The molecule has 19 heavy (non-hydrogen) atoms. The Bertz CT molecular complexity index is 399. The molecule has 0 atom stereocenters. The van der Waals surface area contributed by atoms with E-state index in [-0.39, 0.29) is 5.91 Å². The van der Waals surface area contributed by atoms with Crippen molar-refractivity contribution in [2.45, 2.75) is 0 Å². The molecule has 0 spiro atoms. The first-order chi connectivity index (χ1) is 9.19. The van der Waals surface area contributed by atoms with Crippen molar-refractivity contribution in [3.8, 4) is 0 Å². The third-order valence-corrected chi connectivity index (χ3v) is 2.65. The van der Waals surface area contributed by atoms with E-state index in [1.165, 1.54) is 0 Å². The molecule has 1 aromatic heterocycles. The van der Waals surface area contributed by atoms with Gasteiger partial charge in [-0.25, -0.2) is 10.8 Å². The molecule has 1 amide bonds. The second-order valence-electron chi connectivity index (χ2n) is 4.10. The predicted octanol–water partition coefficient (Wildman–Crippen LogP) is -0.325. The highest BCUT2D eigenvalue weighted by Gasteiger charge is 2.10. The molecule has 0 fully saturated rings. The Morgan fingerprint density at radius 3 is 3.00 bits per heavy atom. The lowest BCUT2D eigenvalue weighted by Gasteiger charge is -2.16. The molecule has 0 unspecified atom stereocenters. The Labute approximate surface area is 113 Å². The fourth-order valence-corrected chi connectivity index (χ4v) is 1.52. The van der Waals surface area contributed by atoms with Crippen LogP contribution in [0.5, 0.6) is 0 Å². The largest absolute Gasteiger partial charge is 0.383 e. The number of nitrogens with one attached hydrogen (secondary N) is 2. The normalized spacial score (nSPS) is 10.5. The summed E-state index contributed by atoms with van der Waals surface area (Å²) in [5, 5.41) is 2.82. The number of carbonyl (C=O) groups excluding carboxylic acids is 1. The predicted molar refractivity (Wildman–Crippen MR) is 73.8 cm³/mol. The van der Waals surface area contributed by atoms with Crippen LogP contribution >= 0.6 is 0 Å². The van der Waals surface area contributed by atoms with E-state index in [1.54, 1.807) is 25.4 Å². The van der Waals surface area contributed by atoms with Crippen LogP contribution in [0.25, 0.3) is 0 Å². The summed E-state index contributed by atoms with van der Waals surface area (Å²) in [4.78, 5) is 18.0. The molecule has 0 aliphatic heterocycles. The van der Waals surface area contributed by atoms with Crippen molar-refractivity contribution in [1.82, 2.24) is 15.2 Å². The Morgan fingerprint density at radius 1 is 1.53 bits per heavy atom. The molecule has 7 nitrogen and oxygen atoms in total. The van der Waals surface area contributed by atoms with Gasteiger partial charge in [0.25, 0.3) is 5.91 Å². The summed E-state index contributed by atoms with van der Waals surface area (Å²) in [6.45, 7) is 2.81. The number of hydrazine groups is 1. The number of anilines is 1. The summed E-state index contributed by atoms with van der Waals surface area (Å²) >= 11 is 0. The van der Waals surface area contributed by atoms with Crippen molar-refractivity contribution >= 4 is 11.7 Å². The maximum absolute atomic E-state index is 11.9. The minimum absolute atomic E-state index is 0.193. The molecule has 0 aromatic carbocycles. The molecular formula is C12H21N5O2. The van der Waals surface area contributed by atoms with Crippen LogP contribution in [0.2, 0.25) is 0 Å². The van der Waals surface area contributed by atoms with Gasteiger partial charge in [-0.2, -0.15) is 0 Å². The van der Waals surface area contributed by atoms with Crippen molar-refractivity contribution < 1.29 is 9.53 Å². The monoisotopic (exact) mass is 267 g/mol. The van der Waals surface area contributed by atoms with Gasteiger partial charge in [-0.15, -0.1) is 0 Å². The number of amides is 1. The molecule has 0 bridgehead atoms. The first-order valence-electron chi connectivity index (χ1n) is 6.06. The number of methoxy groups -OCH3 is 1. The summed E-state index contributed by atoms with van der Waals surface area (Å²) in [5.41, 5.74) is 2.84. The van der Waals surface area contributed by atoms with Gasteiger partial charge in [0, 0.05) is 32.9 Å². The molecule has 1 rings (SSSR count). The maximum atomic E-state index is 11.9. The SMILES string of the molecule is COCCN(C)CCNC(=O)c1cccnc1NN. The zero-order valence-electron chi connectivity index (χ0n) is 11.3. The number of ether oxygens (including phenoxy) is 1. The van der Waals surface area contributed by atoms with Gasteiger partial charge < -0.3 is 20.4 Å². The molecule has 0 saturated heterocycles. The number of carbonyl (C=O) groups is 1. The topological polar surface area (TPSA) is 92.5 Å². The Kier molecular flexibility index (Phi) is 6.80. The maximum Gasteiger partial charge on any atom is 0.255 e. The third kappa shape index (κ3) is 5.21. The fourth-order valence-electron chi connectivity index (χ4n) is 1.52. The first kappa shape index (κ1) is 15.4. The number of nitrogens with zero attached hydrogens (tertiary/aromatic N) is 2.